The van der Waals surface area contributed by atoms with Crippen LogP contribution in [0.4, 0.5) is 5.69 Å². The number of nitrogens with two attached hydrogens (primary N) is 1. The molecule has 0 atom stereocenters. The Labute approximate surface area is 134 Å². The van der Waals surface area contributed by atoms with Crippen LogP contribution in [0.5, 0.6) is 0 Å². The molecular formula is C14H11BrN4OS. The van der Waals surface area contributed by atoms with E-state index >= 15 is 0 Å². The Morgan fingerprint density at radius 3 is 2.86 bits per heavy atom. The lowest BCUT2D eigenvalue weighted by Crippen LogP contribution is -1.89. The fourth-order valence-electron chi connectivity index (χ4n) is 1.72. The Balaban J connectivity index is 1.74. The van der Waals surface area contributed by atoms with Gasteiger partial charge in [0.15, 0.2) is 0 Å². The van der Waals surface area contributed by atoms with E-state index in [1.165, 1.54) is 11.8 Å². The summed E-state index contributed by atoms with van der Waals surface area (Å²) in [5.41, 5.74) is 7.37. The molecule has 0 unspecified atom stereocenters. The molecule has 0 bridgehead atoms. The normalized spacial score (nSPS) is 10.7. The van der Waals surface area contributed by atoms with Crippen LogP contribution in [0.2, 0.25) is 0 Å². The average molecular weight is 363 g/mol. The van der Waals surface area contributed by atoms with Crippen LogP contribution in [-0.2, 0) is 5.75 Å². The number of benzene rings is 1. The molecule has 0 aliphatic carbocycles. The van der Waals surface area contributed by atoms with Crippen molar-refractivity contribution in [2.24, 2.45) is 0 Å². The summed E-state index contributed by atoms with van der Waals surface area (Å²) in [6, 6.07) is 9.59. The first kappa shape index (κ1) is 14.1. The Kier molecular flexibility index (Phi) is 4.21. The molecule has 21 heavy (non-hydrogen) atoms. The predicted molar refractivity (Wildman–Crippen MR) is 85.6 cm³/mol. The van der Waals surface area contributed by atoms with Crippen molar-refractivity contribution in [2.45, 2.75) is 10.6 Å². The van der Waals surface area contributed by atoms with Crippen molar-refractivity contribution >= 4 is 33.4 Å². The van der Waals surface area contributed by atoms with Crippen LogP contribution >= 0.6 is 27.7 Å². The van der Waals surface area contributed by atoms with E-state index in [4.69, 9.17) is 10.2 Å². The lowest BCUT2D eigenvalue weighted by atomic mass is 10.2. The second-order valence-corrected chi connectivity index (χ2v) is 6.05. The van der Waals surface area contributed by atoms with Gasteiger partial charge in [-0.2, -0.15) is 0 Å². The van der Waals surface area contributed by atoms with Gasteiger partial charge in [0.25, 0.3) is 0 Å². The van der Waals surface area contributed by atoms with Crippen LogP contribution in [0.25, 0.3) is 11.5 Å². The summed E-state index contributed by atoms with van der Waals surface area (Å²) in [5, 5.41) is 8.14. The summed E-state index contributed by atoms with van der Waals surface area (Å²) >= 11 is 5.01. The summed E-state index contributed by atoms with van der Waals surface area (Å²) < 4.78 is 6.61. The van der Waals surface area contributed by atoms with E-state index in [9.17, 15) is 0 Å². The van der Waals surface area contributed by atoms with Crippen molar-refractivity contribution in [3.05, 3.63) is 53.1 Å². The SMILES string of the molecule is Nc1cnccc1SCc1nnc(-c2ccccc2Br)o1. The first-order valence-electron chi connectivity index (χ1n) is 6.13. The van der Waals surface area contributed by atoms with Gasteiger partial charge in [0.1, 0.15) is 0 Å². The maximum Gasteiger partial charge on any atom is 0.248 e. The minimum absolute atomic E-state index is 0.501. The smallest absolute Gasteiger partial charge is 0.248 e. The number of anilines is 1. The van der Waals surface area contributed by atoms with Crippen LogP contribution in [0.15, 0.2) is 56.5 Å². The largest absolute Gasteiger partial charge is 0.420 e. The number of pyridine rings is 1. The third-order valence-corrected chi connectivity index (χ3v) is 4.50. The second-order valence-electron chi connectivity index (χ2n) is 4.18. The maximum atomic E-state index is 5.84. The second kappa shape index (κ2) is 6.28. The van der Waals surface area contributed by atoms with Crippen LogP contribution in [0.3, 0.4) is 0 Å². The first-order valence-corrected chi connectivity index (χ1v) is 7.91. The van der Waals surface area contributed by atoms with E-state index in [1.54, 1.807) is 12.4 Å². The summed E-state index contributed by atoms with van der Waals surface area (Å²) in [7, 11) is 0. The number of nitrogen functional groups attached to an aromatic ring is 1. The first-order chi connectivity index (χ1) is 10.2. The fraction of sp³-hybridized carbons (Fsp3) is 0.0714. The molecule has 2 heterocycles. The molecule has 0 saturated heterocycles. The van der Waals surface area contributed by atoms with Gasteiger partial charge < -0.3 is 10.2 Å². The van der Waals surface area contributed by atoms with Crippen molar-refractivity contribution in [3.63, 3.8) is 0 Å². The zero-order valence-electron chi connectivity index (χ0n) is 10.9. The van der Waals surface area contributed by atoms with Gasteiger partial charge in [0.05, 0.1) is 23.2 Å². The average Bonchev–Trinajstić information content (AvgIpc) is 2.96. The highest BCUT2D eigenvalue weighted by Crippen LogP contribution is 2.30. The molecule has 7 heteroatoms. The molecule has 0 aliphatic rings. The third-order valence-electron chi connectivity index (χ3n) is 2.73. The lowest BCUT2D eigenvalue weighted by molar-refractivity contribution is 0.528. The number of nitrogens with zero attached hydrogens (tertiary/aromatic N) is 3. The molecule has 5 nitrogen and oxygen atoms in total. The maximum absolute atomic E-state index is 5.84. The van der Waals surface area contributed by atoms with E-state index in [0.29, 0.717) is 23.2 Å². The van der Waals surface area contributed by atoms with Crippen LogP contribution < -0.4 is 5.73 Å². The molecule has 106 valence electrons. The number of thioether (sulfide) groups is 1. The van der Waals surface area contributed by atoms with Gasteiger partial charge in [-0.3, -0.25) is 4.98 Å². The quantitative estimate of drug-likeness (QED) is 0.711. The van der Waals surface area contributed by atoms with Gasteiger partial charge >= 0.3 is 0 Å². The number of aromatic nitrogens is 3. The van der Waals surface area contributed by atoms with Crippen molar-refractivity contribution in [3.8, 4) is 11.5 Å². The van der Waals surface area contributed by atoms with Crippen LogP contribution in [0, 0.1) is 0 Å². The van der Waals surface area contributed by atoms with Crippen molar-refractivity contribution in [1.29, 1.82) is 0 Å². The minimum atomic E-state index is 0.501. The summed E-state index contributed by atoms with van der Waals surface area (Å²) in [5.74, 6) is 1.62. The van der Waals surface area contributed by atoms with Gasteiger partial charge in [-0.25, -0.2) is 0 Å². The fourth-order valence-corrected chi connectivity index (χ4v) is 2.95. The number of halogens is 1. The molecule has 3 rings (SSSR count). The number of rotatable bonds is 4. The molecule has 2 N–H and O–H groups in total. The van der Waals surface area contributed by atoms with Crippen LogP contribution in [-0.4, -0.2) is 15.2 Å². The van der Waals surface area contributed by atoms with Gasteiger partial charge in [0, 0.05) is 15.6 Å². The monoisotopic (exact) mass is 362 g/mol. The predicted octanol–water partition coefficient (Wildman–Crippen LogP) is 3.77. The van der Waals surface area contributed by atoms with Gasteiger partial charge in [0.2, 0.25) is 11.8 Å². The summed E-state index contributed by atoms with van der Waals surface area (Å²) in [6.45, 7) is 0. The van der Waals surface area contributed by atoms with E-state index in [2.05, 4.69) is 31.1 Å². The highest BCUT2D eigenvalue weighted by Gasteiger charge is 2.11. The molecule has 2 aromatic heterocycles. The molecule has 0 radical (unpaired) electrons. The molecule has 3 aromatic rings. The summed E-state index contributed by atoms with van der Waals surface area (Å²) in [4.78, 5) is 4.91. The number of hydrogen-bond donors (Lipinski definition) is 1. The highest BCUT2D eigenvalue weighted by atomic mass is 79.9. The molecule has 0 fully saturated rings. The van der Waals surface area contributed by atoms with Gasteiger partial charge in [-0.15, -0.1) is 22.0 Å². The molecule has 0 saturated carbocycles. The molecule has 0 amide bonds. The van der Waals surface area contributed by atoms with Crippen LogP contribution in [0.1, 0.15) is 5.89 Å². The Hall–Kier alpha value is -1.86. The van der Waals surface area contributed by atoms with Gasteiger partial charge in [-0.05, 0) is 34.1 Å². The number of hydrogen-bond acceptors (Lipinski definition) is 6. The lowest BCUT2D eigenvalue weighted by Gasteiger charge is -2.01. The Bertz CT molecular complexity index is 762. The van der Waals surface area contributed by atoms with Gasteiger partial charge in [-0.1, -0.05) is 12.1 Å². The van der Waals surface area contributed by atoms with E-state index in [-0.39, 0.29) is 0 Å². The van der Waals surface area contributed by atoms with Crippen molar-refractivity contribution in [1.82, 2.24) is 15.2 Å². The molecular weight excluding hydrogens is 352 g/mol. The minimum Gasteiger partial charge on any atom is -0.420 e. The zero-order chi connectivity index (χ0) is 14.7. The third kappa shape index (κ3) is 3.25. The topological polar surface area (TPSA) is 77.8 Å². The highest BCUT2D eigenvalue weighted by molar-refractivity contribution is 9.10. The summed E-state index contributed by atoms with van der Waals surface area (Å²) in [6.07, 6.45) is 3.33. The van der Waals surface area contributed by atoms with E-state index in [0.717, 1.165) is 14.9 Å². The Morgan fingerprint density at radius 1 is 1.19 bits per heavy atom. The van der Waals surface area contributed by atoms with Crippen molar-refractivity contribution < 1.29 is 4.42 Å². The Morgan fingerprint density at radius 2 is 2.05 bits per heavy atom. The zero-order valence-corrected chi connectivity index (χ0v) is 13.3. The standard InChI is InChI=1S/C14H11BrN4OS/c15-10-4-2-1-3-9(10)14-19-18-13(20-14)8-21-12-5-6-17-7-11(12)16/h1-7H,8,16H2. The molecule has 1 aromatic carbocycles. The molecule has 0 aliphatic heterocycles. The van der Waals surface area contributed by atoms with Crippen molar-refractivity contribution in [2.75, 3.05) is 5.73 Å². The molecule has 0 spiro atoms. The van der Waals surface area contributed by atoms with E-state index < -0.39 is 0 Å². The van der Waals surface area contributed by atoms with E-state index in [1.807, 2.05) is 30.3 Å².